The van der Waals surface area contributed by atoms with Gasteiger partial charge in [-0.2, -0.15) is 0 Å². The van der Waals surface area contributed by atoms with Crippen LogP contribution in [-0.2, 0) is 9.47 Å². The fourth-order valence-electron chi connectivity index (χ4n) is 2.58. The number of carbonyl (C=O) groups excluding carboxylic acids is 3. The van der Waals surface area contributed by atoms with Crippen molar-refractivity contribution < 1.29 is 23.9 Å². The Morgan fingerprint density at radius 1 is 0.800 bits per heavy atom. The predicted molar refractivity (Wildman–Crippen MR) is 90.9 cm³/mol. The van der Waals surface area contributed by atoms with Crippen molar-refractivity contribution in [2.75, 3.05) is 14.2 Å². The summed E-state index contributed by atoms with van der Waals surface area (Å²) in [7, 11) is 2.60. The van der Waals surface area contributed by atoms with E-state index in [1.165, 1.54) is 26.4 Å². The van der Waals surface area contributed by atoms with Crippen molar-refractivity contribution in [1.29, 1.82) is 0 Å². The van der Waals surface area contributed by atoms with Crippen molar-refractivity contribution in [3.63, 3.8) is 0 Å². The molecule has 6 nitrogen and oxygen atoms in total. The number of hydrogen-bond donors (Lipinski definition) is 1. The molecule has 0 aliphatic carbocycles. The van der Waals surface area contributed by atoms with Crippen LogP contribution in [0.3, 0.4) is 0 Å². The maximum absolute atomic E-state index is 12.8. The quantitative estimate of drug-likeness (QED) is 0.584. The maximum Gasteiger partial charge on any atom is 0.337 e. The monoisotopic (exact) mass is 337 g/mol. The summed E-state index contributed by atoms with van der Waals surface area (Å²) in [6, 6.07) is 11.2. The van der Waals surface area contributed by atoms with E-state index in [0.29, 0.717) is 27.6 Å². The van der Waals surface area contributed by atoms with Gasteiger partial charge >= 0.3 is 11.9 Å². The second-order valence-electron chi connectivity index (χ2n) is 5.35. The van der Waals surface area contributed by atoms with Gasteiger partial charge in [-0.25, -0.2) is 9.59 Å². The molecule has 0 atom stereocenters. The highest BCUT2D eigenvalue weighted by molar-refractivity contribution is 6.17. The van der Waals surface area contributed by atoms with E-state index in [1.54, 1.807) is 36.5 Å². The fraction of sp³-hybridized carbons (Fsp3) is 0.105. The fourth-order valence-corrected chi connectivity index (χ4v) is 2.58. The van der Waals surface area contributed by atoms with E-state index in [2.05, 4.69) is 9.72 Å². The molecule has 1 aromatic heterocycles. The Kier molecular flexibility index (Phi) is 4.35. The zero-order valence-corrected chi connectivity index (χ0v) is 13.7. The van der Waals surface area contributed by atoms with Crippen molar-refractivity contribution in [3.8, 4) is 0 Å². The van der Waals surface area contributed by atoms with E-state index in [9.17, 15) is 14.4 Å². The predicted octanol–water partition coefficient (Wildman–Crippen LogP) is 2.97. The standard InChI is InChI=1S/C19H15NO5/c1-24-18(22)12-5-3-11(4-6-12)17(21)15-10-20-16-8-7-13(9-14(15)16)19(23)25-2/h3-10,20H,1-2H3. The van der Waals surface area contributed by atoms with E-state index in [-0.39, 0.29) is 5.78 Å². The van der Waals surface area contributed by atoms with Crippen LogP contribution < -0.4 is 0 Å². The Morgan fingerprint density at radius 3 is 2.00 bits per heavy atom. The summed E-state index contributed by atoms with van der Waals surface area (Å²) in [5.41, 5.74) is 2.33. The number of nitrogens with one attached hydrogen (secondary N) is 1. The first kappa shape index (κ1) is 16.4. The first-order valence-corrected chi connectivity index (χ1v) is 7.47. The minimum atomic E-state index is -0.469. The molecule has 0 saturated carbocycles. The molecular weight excluding hydrogens is 322 g/mol. The number of aromatic amines is 1. The summed E-state index contributed by atoms with van der Waals surface area (Å²) >= 11 is 0. The molecule has 0 fully saturated rings. The van der Waals surface area contributed by atoms with Crippen molar-refractivity contribution in [2.24, 2.45) is 0 Å². The van der Waals surface area contributed by atoms with Crippen LogP contribution in [0.25, 0.3) is 10.9 Å². The molecular formula is C19H15NO5. The van der Waals surface area contributed by atoms with Crippen molar-refractivity contribution in [2.45, 2.75) is 0 Å². The summed E-state index contributed by atoms with van der Waals surface area (Å²) in [6.45, 7) is 0. The highest BCUT2D eigenvalue weighted by Crippen LogP contribution is 2.23. The van der Waals surface area contributed by atoms with Gasteiger partial charge in [0.25, 0.3) is 0 Å². The molecule has 0 bridgehead atoms. The van der Waals surface area contributed by atoms with Crippen molar-refractivity contribution in [3.05, 3.63) is 70.9 Å². The lowest BCUT2D eigenvalue weighted by Crippen LogP contribution is -2.04. The third kappa shape index (κ3) is 3.01. The van der Waals surface area contributed by atoms with Gasteiger partial charge in [0, 0.05) is 28.2 Å². The van der Waals surface area contributed by atoms with E-state index < -0.39 is 11.9 Å². The largest absolute Gasteiger partial charge is 0.465 e. The van der Waals surface area contributed by atoms with Gasteiger partial charge in [-0.1, -0.05) is 12.1 Å². The zero-order chi connectivity index (χ0) is 18.0. The van der Waals surface area contributed by atoms with Crippen LogP contribution in [0.15, 0.2) is 48.7 Å². The summed E-state index contributed by atoms with van der Waals surface area (Å²) in [5.74, 6) is -1.15. The molecule has 2 aromatic carbocycles. The van der Waals surface area contributed by atoms with E-state index in [1.807, 2.05) is 0 Å². The number of rotatable bonds is 4. The third-order valence-electron chi connectivity index (χ3n) is 3.92. The van der Waals surface area contributed by atoms with Crippen LogP contribution in [0.2, 0.25) is 0 Å². The lowest BCUT2D eigenvalue weighted by atomic mass is 10.0. The molecule has 0 saturated heterocycles. The van der Waals surface area contributed by atoms with Gasteiger partial charge in [-0.3, -0.25) is 4.79 Å². The molecule has 0 unspecified atom stereocenters. The number of carbonyl (C=O) groups is 3. The maximum atomic E-state index is 12.8. The van der Waals surface area contributed by atoms with Crippen molar-refractivity contribution in [1.82, 2.24) is 4.98 Å². The number of esters is 2. The summed E-state index contributed by atoms with van der Waals surface area (Å²) in [6.07, 6.45) is 1.60. The van der Waals surface area contributed by atoms with Gasteiger partial charge in [-0.15, -0.1) is 0 Å². The Bertz CT molecular complexity index is 969. The van der Waals surface area contributed by atoms with E-state index in [4.69, 9.17) is 4.74 Å². The molecule has 3 aromatic rings. The number of benzene rings is 2. The summed E-state index contributed by atoms with van der Waals surface area (Å²) in [5, 5.41) is 0.630. The first-order chi connectivity index (χ1) is 12.0. The van der Waals surface area contributed by atoms with Gasteiger partial charge in [0.05, 0.1) is 25.3 Å². The topological polar surface area (TPSA) is 85.5 Å². The molecule has 1 N–H and O–H groups in total. The van der Waals surface area contributed by atoms with Crippen LogP contribution in [0.1, 0.15) is 36.6 Å². The van der Waals surface area contributed by atoms with Gasteiger partial charge in [0.1, 0.15) is 0 Å². The number of methoxy groups -OCH3 is 2. The molecule has 3 rings (SSSR count). The van der Waals surface area contributed by atoms with Crippen LogP contribution in [-0.4, -0.2) is 36.9 Å². The van der Waals surface area contributed by atoms with E-state index in [0.717, 1.165) is 5.52 Å². The lowest BCUT2D eigenvalue weighted by molar-refractivity contribution is 0.0592. The van der Waals surface area contributed by atoms with Gasteiger partial charge < -0.3 is 14.5 Å². The number of ketones is 1. The zero-order valence-electron chi connectivity index (χ0n) is 13.7. The normalized spacial score (nSPS) is 10.5. The summed E-state index contributed by atoms with van der Waals surface area (Å²) < 4.78 is 9.36. The van der Waals surface area contributed by atoms with Crippen LogP contribution in [0, 0.1) is 0 Å². The second kappa shape index (κ2) is 6.60. The second-order valence-corrected chi connectivity index (χ2v) is 5.35. The Hall–Kier alpha value is -3.41. The highest BCUT2D eigenvalue weighted by Gasteiger charge is 2.17. The smallest absolute Gasteiger partial charge is 0.337 e. The van der Waals surface area contributed by atoms with Gasteiger partial charge in [-0.05, 0) is 30.3 Å². The third-order valence-corrected chi connectivity index (χ3v) is 3.92. The lowest BCUT2D eigenvalue weighted by Gasteiger charge is -2.03. The van der Waals surface area contributed by atoms with E-state index >= 15 is 0 Å². The molecule has 0 spiro atoms. The Labute approximate surface area is 143 Å². The Balaban J connectivity index is 1.99. The van der Waals surface area contributed by atoms with Gasteiger partial charge in [0.15, 0.2) is 5.78 Å². The van der Waals surface area contributed by atoms with Gasteiger partial charge in [0.2, 0.25) is 0 Å². The number of H-pyrrole nitrogens is 1. The van der Waals surface area contributed by atoms with Crippen LogP contribution >= 0.6 is 0 Å². The van der Waals surface area contributed by atoms with Crippen molar-refractivity contribution >= 4 is 28.6 Å². The molecule has 1 heterocycles. The molecule has 126 valence electrons. The first-order valence-electron chi connectivity index (χ1n) is 7.47. The minimum Gasteiger partial charge on any atom is -0.465 e. The summed E-state index contributed by atoms with van der Waals surface area (Å²) in [4.78, 5) is 39.0. The SMILES string of the molecule is COC(=O)c1ccc(C(=O)c2c[nH]c3ccc(C(=O)OC)cc23)cc1. The molecule has 0 radical (unpaired) electrons. The number of fused-ring (bicyclic) bond motifs is 1. The number of aromatic nitrogens is 1. The minimum absolute atomic E-state index is 0.218. The van der Waals surface area contributed by atoms with Crippen LogP contribution in [0.4, 0.5) is 0 Å². The highest BCUT2D eigenvalue weighted by atomic mass is 16.5. The molecule has 6 heteroatoms. The van der Waals surface area contributed by atoms with Crippen LogP contribution in [0.5, 0.6) is 0 Å². The molecule has 0 amide bonds. The number of ether oxygens (including phenoxy) is 2. The Morgan fingerprint density at radius 2 is 1.36 bits per heavy atom. The number of hydrogen-bond acceptors (Lipinski definition) is 5. The average molecular weight is 337 g/mol. The molecule has 0 aliphatic rings. The average Bonchev–Trinajstić information content (AvgIpc) is 3.09. The molecule has 25 heavy (non-hydrogen) atoms. The molecule has 0 aliphatic heterocycles.